The van der Waals surface area contributed by atoms with Crippen molar-refractivity contribution in [3.8, 4) is 11.5 Å². The Morgan fingerprint density at radius 3 is 2.39 bits per heavy atom. The van der Waals surface area contributed by atoms with E-state index < -0.39 is 38.4 Å². The van der Waals surface area contributed by atoms with Crippen LogP contribution in [-0.4, -0.2) is 57.0 Å². The molecule has 3 rings (SSSR count). The summed E-state index contributed by atoms with van der Waals surface area (Å²) in [6, 6.07) is 6.49. The monoisotopic (exact) mass is 481 g/mol. The summed E-state index contributed by atoms with van der Waals surface area (Å²) in [5, 5.41) is 11.6. The van der Waals surface area contributed by atoms with Crippen LogP contribution in [-0.2, 0) is 10.0 Å². The van der Waals surface area contributed by atoms with Crippen LogP contribution in [0.5, 0.6) is 11.5 Å². The Balaban J connectivity index is 1.72. The van der Waals surface area contributed by atoms with Crippen molar-refractivity contribution in [1.29, 1.82) is 0 Å². The third kappa shape index (κ3) is 5.57. The smallest absolute Gasteiger partial charge is 0.286 e. The quantitative estimate of drug-likeness (QED) is 0.453. The maximum absolute atomic E-state index is 13.1. The van der Waals surface area contributed by atoms with Gasteiger partial charge in [0.25, 0.3) is 11.6 Å². The van der Waals surface area contributed by atoms with E-state index in [2.05, 4.69) is 4.72 Å². The number of hydrogen-bond acceptors (Lipinski definition) is 7. The van der Waals surface area contributed by atoms with Crippen LogP contribution in [0.25, 0.3) is 0 Å². The fraction of sp³-hybridized carbons (Fsp3) is 0.381. The number of nitrogens with one attached hydrogen (secondary N) is 1. The molecule has 1 aliphatic rings. The molecule has 1 amide bonds. The maximum Gasteiger partial charge on any atom is 0.286 e. The van der Waals surface area contributed by atoms with Gasteiger partial charge < -0.3 is 14.4 Å². The highest BCUT2D eigenvalue weighted by Crippen LogP contribution is 2.35. The van der Waals surface area contributed by atoms with Crippen molar-refractivity contribution in [3.63, 3.8) is 0 Å². The Labute approximate surface area is 190 Å². The Morgan fingerprint density at radius 1 is 1.21 bits per heavy atom. The number of hydrogen-bond donors (Lipinski definition) is 1. The van der Waals surface area contributed by atoms with Crippen LogP contribution >= 0.6 is 0 Å². The van der Waals surface area contributed by atoms with E-state index >= 15 is 0 Å². The average Bonchev–Trinajstić information content (AvgIpc) is 2.79. The van der Waals surface area contributed by atoms with E-state index in [9.17, 15) is 27.7 Å². The standard InChI is InChI=1S/C21H24FN3O7S/c1-3-32-20-13-18(25(27)28)17(12-19(20)31-2)21(26)24-10-8-15(9-11-24)23-33(29,30)16-6-4-14(22)5-7-16/h4-7,12-13,15,23H,3,8-11H2,1-2H3. The lowest BCUT2D eigenvalue weighted by Crippen LogP contribution is -2.46. The molecule has 0 radical (unpaired) electrons. The summed E-state index contributed by atoms with van der Waals surface area (Å²) >= 11 is 0. The summed E-state index contributed by atoms with van der Waals surface area (Å²) in [7, 11) is -2.47. The fourth-order valence-electron chi connectivity index (χ4n) is 3.57. The molecule has 0 spiro atoms. The van der Waals surface area contributed by atoms with Gasteiger partial charge in [-0.1, -0.05) is 0 Å². The molecular formula is C21H24FN3O7S. The Bertz CT molecular complexity index is 1130. The Kier molecular flexibility index (Phi) is 7.49. The summed E-state index contributed by atoms with van der Waals surface area (Å²) in [5.41, 5.74) is -0.533. The minimum Gasteiger partial charge on any atom is -0.493 e. The number of nitro benzene ring substituents is 1. The van der Waals surface area contributed by atoms with Crippen molar-refractivity contribution in [2.45, 2.75) is 30.7 Å². The summed E-state index contributed by atoms with van der Waals surface area (Å²) < 4.78 is 51.2. The molecule has 1 N–H and O–H groups in total. The van der Waals surface area contributed by atoms with Gasteiger partial charge in [0, 0.05) is 25.2 Å². The minimum absolute atomic E-state index is 0.0560. The molecule has 1 aliphatic heterocycles. The van der Waals surface area contributed by atoms with E-state index in [1.165, 1.54) is 36.3 Å². The maximum atomic E-state index is 13.1. The first-order valence-corrected chi connectivity index (χ1v) is 11.7. The first-order valence-electron chi connectivity index (χ1n) is 10.2. The van der Waals surface area contributed by atoms with Crippen molar-refractivity contribution in [2.24, 2.45) is 0 Å². The first kappa shape index (κ1) is 24.4. The van der Waals surface area contributed by atoms with Crippen LogP contribution in [0, 0.1) is 15.9 Å². The number of likely N-dealkylation sites (tertiary alicyclic amines) is 1. The van der Waals surface area contributed by atoms with Crippen LogP contribution < -0.4 is 14.2 Å². The summed E-state index contributed by atoms with van der Waals surface area (Å²) in [5.74, 6) is -0.728. The SMILES string of the molecule is CCOc1cc([N+](=O)[O-])c(C(=O)N2CCC(NS(=O)(=O)c3ccc(F)cc3)CC2)cc1OC. The number of methoxy groups -OCH3 is 1. The second-order valence-electron chi connectivity index (χ2n) is 7.35. The normalized spacial score (nSPS) is 14.7. The molecule has 0 aromatic heterocycles. The van der Waals surface area contributed by atoms with E-state index in [0.29, 0.717) is 12.8 Å². The molecule has 12 heteroatoms. The van der Waals surface area contributed by atoms with E-state index in [-0.39, 0.29) is 41.7 Å². The zero-order valence-corrected chi connectivity index (χ0v) is 18.9. The molecule has 10 nitrogen and oxygen atoms in total. The minimum atomic E-state index is -3.84. The second-order valence-corrected chi connectivity index (χ2v) is 9.07. The molecule has 33 heavy (non-hydrogen) atoms. The number of sulfonamides is 1. The summed E-state index contributed by atoms with van der Waals surface area (Å²) in [4.78, 5) is 25.4. The second kappa shape index (κ2) is 10.1. The van der Waals surface area contributed by atoms with Gasteiger partial charge in [0.05, 0.1) is 29.6 Å². The highest BCUT2D eigenvalue weighted by atomic mass is 32.2. The van der Waals surface area contributed by atoms with Gasteiger partial charge in [0.15, 0.2) is 11.5 Å². The Morgan fingerprint density at radius 2 is 1.85 bits per heavy atom. The predicted molar refractivity (Wildman–Crippen MR) is 116 cm³/mol. The molecule has 0 bridgehead atoms. The molecule has 0 aliphatic carbocycles. The predicted octanol–water partition coefficient (Wildman–Crippen LogP) is 2.72. The van der Waals surface area contributed by atoms with Crippen molar-refractivity contribution < 1.29 is 32.0 Å². The molecule has 178 valence electrons. The molecule has 0 saturated carbocycles. The fourth-order valence-corrected chi connectivity index (χ4v) is 4.88. The van der Waals surface area contributed by atoms with Crippen LogP contribution in [0.1, 0.15) is 30.1 Å². The van der Waals surface area contributed by atoms with Crippen LogP contribution in [0.4, 0.5) is 10.1 Å². The number of ether oxygens (including phenoxy) is 2. The number of carbonyl (C=O) groups is 1. The number of amides is 1. The number of piperidine rings is 1. The molecule has 0 unspecified atom stereocenters. The van der Waals surface area contributed by atoms with E-state index in [1.807, 2.05) is 0 Å². The van der Waals surface area contributed by atoms with Crippen molar-refractivity contribution in [1.82, 2.24) is 9.62 Å². The third-order valence-corrected chi connectivity index (χ3v) is 6.77. The van der Waals surface area contributed by atoms with Gasteiger partial charge >= 0.3 is 0 Å². The molecule has 2 aromatic carbocycles. The lowest BCUT2D eigenvalue weighted by molar-refractivity contribution is -0.385. The molecular weight excluding hydrogens is 457 g/mol. The van der Waals surface area contributed by atoms with Gasteiger partial charge in [-0.3, -0.25) is 14.9 Å². The van der Waals surface area contributed by atoms with Crippen LogP contribution in [0.3, 0.4) is 0 Å². The lowest BCUT2D eigenvalue weighted by atomic mass is 10.0. The number of halogens is 1. The summed E-state index contributed by atoms with van der Waals surface area (Å²) in [6.45, 7) is 2.38. The molecule has 1 fully saturated rings. The van der Waals surface area contributed by atoms with Crippen molar-refractivity contribution in [2.75, 3.05) is 26.8 Å². The zero-order chi connectivity index (χ0) is 24.2. The zero-order valence-electron chi connectivity index (χ0n) is 18.1. The number of nitro groups is 1. The number of carbonyl (C=O) groups excluding carboxylic acids is 1. The van der Waals surface area contributed by atoms with E-state index in [4.69, 9.17) is 9.47 Å². The third-order valence-electron chi connectivity index (χ3n) is 5.24. The average molecular weight is 482 g/mol. The van der Waals surface area contributed by atoms with Gasteiger partial charge in [0.2, 0.25) is 10.0 Å². The van der Waals surface area contributed by atoms with Gasteiger partial charge in [-0.05, 0) is 44.0 Å². The van der Waals surface area contributed by atoms with Gasteiger partial charge in [0.1, 0.15) is 11.4 Å². The van der Waals surface area contributed by atoms with Crippen molar-refractivity contribution in [3.05, 3.63) is 57.9 Å². The van der Waals surface area contributed by atoms with Crippen molar-refractivity contribution >= 4 is 21.6 Å². The van der Waals surface area contributed by atoms with Crippen LogP contribution in [0.15, 0.2) is 41.3 Å². The highest BCUT2D eigenvalue weighted by Gasteiger charge is 2.31. The molecule has 1 saturated heterocycles. The summed E-state index contributed by atoms with van der Waals surface area (Å²) in [6.07, 6.45) is 0.627. The van der Waals surface area contributed by atoms with E-state index in [0.717, 1.165) is 12.1 Å². The highest BCUT2D eigenvalue weighted by molar-refractivity contribution is 7.89. The molecule has 0 atom stereocenters. The van der Waals surface area contributed by atoms with Crippen LogP contribution in [0.2, 0.25) is 0 Å². The van der Waals surface area contributed by atoms with E-state index in [1.54, 1.807) is 6.92 Å². The number of nitrogens with zero attached hydrogens (tertiary/aromatic N) is 2. The lowest BCUT2D eigenvalue weighted by Gasteiger charge is -2.32. The van der Waals surface area contributed by atoms with Gasteiger partial charge in [-0.25, -0.2) is 17.5 Å². The Hall–Kier alpha value is -3.25. The first-order chi connectivity index (χ1) is 15.7. The molecule has 2 aromatic rings. The largest absolute Gasteiger partial charge is 0.493 e. The number of benzene rings is 2. The molecule has 1 heterocycles. The number of rotatable bonds is 8. The van der Waals surface area contributed by atoms with Gasteiger partial charge in [-0.2, -0.15) is 0 Å². The topological polar surface area (TPSA) is 128 Å². The van der Waals surface area contributed by atoms with Gasteiger partial charge in [-0.15, -0.1) is 0 Å².